The van der Waals surface area contributed by atoms with Gasteiger partial charge in [-0.15, -0.1) is 0 Å². The highest BCUT2D eigenvalue weighted by Gasteiger charge is 2.19. The lowest BCUT2D eigenvalue weighted by Gasteiger charge is -2.08. The zero-order valence-electron chi connectivity index (χ0n) is 10.5. The fourth-order valence-electron chi connectivity index (χ4n) is 1.90. The van der Waals surface area contributed by atoms with E-state index >= 15 is 0 Å². The molecule has 0 unspecified atom stereocenters. The molecule has 2 amide bonds. The molecule has 1 aliphatic heterocycles. The smallest absolute Gasteiger partial charge is 0.332 e. The van der Waals surface area contributed by atoms with E-state index in [1.54, 1.807) is 18.2 Å². The summed E-state index contributed by atoms with van der Waals surface area (Å²) in [5.74, 6) is -1.81. The minimum atomic E-state index is -1.49. The molecule has 0 spiro atoms. The lowest BCUT2D eigenvalue weighted by atomic mass is 10.1. The van der Waals surface area contributed by atoms with Crippen molar-refractivity contribution in [3.05, 3.63) is 29.3 Å². The molecule has 0 saturated heterocycles. The van der Waals surface area contributed by atoms with Gasteiger partial charge in [-0.3, -0.25) is 9.59 Å². The Hall–Kier alpha value is -2.41. The Balaban J connectivity index is 1.92. The van der Waals surface area contributed by atoms with Crippen molar-refractivity contribution >= 4 is 23.5 Å². The van der Waals surface area contributed by atoms with Crippen LogP contribution in [0.5, 0.6) is 0 Å². The molecule has 0 aliphatic carbocycles. The van der Waals surface area contributed by atoms with Gasteiger partial charge in [0.25, 0.3) is 5.91 Å². The number of anilines is 1. The average molecular weight is 278 g/mol. The number of carboxylic acid groups (broad SMARTS) is 1. The second-order valence-electron chi connectivity index (χ2n) is 4.50. The Kier molecular flexibility index (Phi) is 3.99. The van der Waals surface area contributed by atoms with Crippen molar-refractivity contribution < 1.29 is 24.6 Å². The molecule has 0 saturated carbocycles. The van der Waals surface area contributed by atoms with Gasteiger partial charge in [-0.25, -0.2) is 4.79 Å². The number of nitrogens with one attached hydrogen (secondary N) is 2. The van der Waals surface area contributed by atoms with Gasteiger partial charge in [0.05, 0.1) is 6.42 Å². The van der Waals surface area contributed by atoms with Crippen LogP contribution in [0, 0.1) is 0 Å². The quantitative estimate of drug-likeness (QED) is 0.592. The molecule has 4 N–H and O–H groups in total. The summed E-state index contributed by atoms with van der Waals surface area (Å²) in [4.78, 5) is 33.4. The highest BCUT2D eigenvalue weighted by atomic mass is 16.4. The van der Waals surface area contributed by atoms with Gasteiger partial charge < -0.3 is 20.8 Å². The fraction of sp³-hybridized carbons (Fsp3) is 0.308. The Morgan fingerprint density at radius 1 is 1.40 bits per heavy atom. The number of benzene rings is 1. The number of carbonyl (C=O) groups is 3. The number of hydrogen-bond donors (Lipinski definition) is 4. The Labute approximate surface area is 114 Å². The number of carbonyl (C=O) groups excluding carboxylic acids is 2. The van der Waals surface area contributed by atoms with E-state index in [0.29, 0.717) is 17.7 Å². The number of fused-ring (bicyclic) bond motifs is 1. The lowest BCUT2D eigenvalue weighted by Crippen LogP contribution is -2.30. The molecule has 0 radical (unpaired) electrons. The number of hydrogen-bond acceptors (Lipinski definition) is 4. The molecule has 1 atom stereocenters. The molecule has 7 heteroatoms. The number of amides is 2. The third-order valence-electron chi connectivity index (χ3n) is 2.99. The van der Waals surface area contributed by atoms with Crippen LogP contribution in [0.3, 0.4) is 0 Å². The average Bonchev–Trinajstić information content (AvgIpc) is 2.77. The summed E-state index contributed by atoms with van der Waals surface area (Å²) in [7, 11) is 0. The van der Waals surface area contributed by atoms with Crippen molar-refractivity contribution in [3.8, 4) is 0 Å². The second kappa shape index (κ2) is 5.70. The van der Waals surface area contributed by atoms with Crippen LogP contribution in [-0.4, -0.2) is 40.6 Å². The van der Waals surface area contributed by atoms with Gasteiger partial charge in [-0.2, -0.15) is 0 Å². The van der Waals surface area contributed by atoms with Crippen LogP contribution >= 0.6 is 0 Å². The van der Waals surface area contributed by atoms with Gasteiger partial charge in [0.2, 0.25) is 5.91 Å². The van der Waals surface area contributed by atoms with E-state index in [2.05, 4.69) is 10.6 Å². The minimum Gasteiger partial charge on any atom is -0.479 e. The van der Waals surface area contributed by atoms with Crippen molar-refractivity contribution in [2.45, 2.75) is 18.9 Å². The second-order valence-corrected chi connectivity index (χ2v) is 4.50. The van der Waals surface area contributed by atoms with Crippen molar-refractivity contribution in [2.75, 3.05) is 11.9 Å². The summed E-state index contributed by atoms with van der Waals surface area (Å²) in [6.07, 6.45) is -1.25. The molecule has 0 fully saturated rings. The maximum atomic E-state index is 11.8. The van der Waals surface area contributed by atoms with E-state index in [0.717, 1.165) is 5.56 Å². The maximum absolute atomic E-state index is 11.8. The lowest BCUT2D eigenvalue weighted by molar-refractivity contribution is -0.146. The third-order valence-corrected chi connectivity index (χ3v) is 2.99. The summed E-state index contributed by atoms with van der Waals surface area (Å²) in [6.45, 7) is 0.0513. The highest BCUT2D eigenvalue weighted by Crippen LogP contribution is 2.23. The van der Waals surface area contributed by atoms with Gasteiger partial charge >= 0.3 is 5.97 Å². The predicted molar refractivity (Wildman–Crippen MR) is 69.4 cm³/mol. The molecule has 106 valence electrons. The zero-order chi connectivity index (χ0) is 14.7. The number of aliphatic hydroxyl groups excluding tert-OH is 1. The molecule has 2 rings (SSSR count). The summed E-state index contributed by atoms with van der Waals surface area (Å²) in [5.41, 5.74) is 1.83. The highest BCUT2D eigenvalue weighted by molar-refractivity contribution is 6.02. The molecule has 0 aromatic heterocycles. The van der Waals surface area contributed by atoms with Crippen LogP contribution in [-0.2, 0) is 16.0 Å². The monoisotopic (exact) mass is 278 g/mol. The number of carboxylic acids is 1. The number of aliphatic carboxylic acids is 1. The third kappa shape index (κ3) is 3.12. The zero-order valence-corrected chi connectivity index (χ0v) is 10.5. The molecular formula is C13H14N2O5. The molecule has 1 aliphatic rings. The number of aliphatic hydroxyl groups is 1. The van der Waals surface area contributed by atoms with Gasteiger partial charge in [-0.05, 0) is 17.7 Å². The normalized spacial score (nSPS) is 14.3. The van der Waals surface area contributed by atoms with E-state index in [1.807, 2.05) is 0 Å². The first-order valence-corrected chi connectivity index (χ1v) is 6.09. The van der Waals surface area contributed by atoms with E-state index in [9.17, 15) is 14.4 Å². The minimum absolute atomic E-state index is 0.0513. The summed E-state index contributed by atoms with van der Waals surface area (Å²) in [6, 6.07) is 4.87. The Morgan fingerprint density at radius 3 is 2.85 bits per heavy atom. The fourth-order valence-corrected chi connectivity index (χ4v) is 1.90. The maximum Gasteiger partial charge on any atom is 0.332 e. The number of rotatable bonds is 5. The SMILES string of the molecule is O=C1Cc2ccc(C(=O)NCC[C@H](O)C(=O)O)cc2N1. The first kappa shape index (κ1) is 14.0. The molecule has 1 aromatic rings. The predicted octanol–water partition coefficient (Wildman–Crippen LogP) is -0.253. The van der Waals surface area contributed by atoms with E-state index in [-0.39, 0.29) is 24.8 Å². The van der Waals surface area contributed by atoms with Gasteiger partial charge in [0.15, 0.2) is 6.10 Å². The standard InChI is InChI=1S/C13H14N2O5/c16-10(13(19)20)3-4-14-12(18)8-2-1-7-6-11(17)15-9(7)5-8/h1-2,5,10,16H,3-4,6H2,(H,14,18)(H,15,17)(H,19,20)/t10-/m0/s1. The summed E-state index contributed by atoms with van der Waals surface area (Å²) >= 11 is 0. The van der Waals surface area contributed by atoms with Crippen LogP contribution in [0.4, 0.5) is 5.69 Å². The molecule has 1 heterocycles. The van der Waals surface area contributed by atoms with E-state index in [1.165, 1.54) is 0 Å². The van der Waals surface area contributed by atoms with Crippen LogP contribution in [0.1, 0.15) is 22.3 Å². The topological polar surface area (TPSA) is 116 Å². The molecule has 0 bridgehead atoms. The first-order chi connectivity index (χ1) is 9.47. The Morgan fingerprint density at radius 2 is 2.15 bits per heavy atom. The van der Waals surface area contributed by atoms with E-state index in [4.69, 9.17) is 10.2 Å². The van der Waals surface area contributed by atoms with Crippen LogP contribution in [0.15, 0.2) is 18.2 Å². The summed E-state index contributed by atoms with van der Waals surface area (Å²) < 4.78 is 0. The van der Waals surface area contributed by atoms with Gasteiger partial charge in [0.1, 0.15) is 0 Å². The molecular weight excluding hydrogens is 264 g/mol. The summed E-state index contributed by atoms with van der Waals surface area (Å²) in [5, 5.41) is 22.7. The van der Waals surface area contributed by atoms with Crippen LogP contribution in [0.25, 0.3) is 0 Å². The van der Waals surface area contributed by atoms with Crippen LogP contribution in [0.2, 0.25) is 0 Å². The van der Waals surface area contributed by atoms with Gasteiger partial charge in [0, 0.05) is 24.2 Å². The van der Waals surface area contributed by atoms with E-state index < -0.39 is 12.1 Å². The molecule has 1 aromatic carbocycles. The van der Waals surface area contributed by atoms with Gasteiger partial charge in [-0.1, -0.05) is 6.07 Å². The Bertz CT molecular complexity index is 570. The van der Waals surface area contributed by atoms with Crippen molar-refractivity contribution in [1.29, 1.82) is 0 Å². The van der Waals surface area contributed by atoms with Crippen molar-refractivity contribution in [2.24, 2.45) is 0 Å². The first-order valence-electron chi connectivity index (χ1n) is 6.09. The largest absolute Gasteiger partial charge is 0.479 e. The molecule has 20 heavy (non-hydrogen) atoms. The van der Waals surface area contributed by atoms with Crippen molar-refractivity contribution in [1.82, 2.24) is 5.32 Å². The molecule has 7 nitrogen and oxygen atoms in total. The van der Waals surface area contributed by atoms with Crippen LogP contribution < -0.4 is 10.6 Å². The van der Waals surface area contributed by atoms with Crippen molar-refractivity contribution in [3.63, 3.8) is 0 Å².